The number of pyridine rings is 1. The molecule has 1 aromatic rings. The minimum absolute atomic E-state index is 0.0476. The van der Waals surface area contributed by atoms with Crippen molar-refractivity contribution in [2.24, 2.45) is 5.92 Å². The topological polar surface area (TPSA) is 42.0 Å². The zero-order chi connectivity index (χ0) is 11.5. The predicted octanol–water partition coefficient (Wildman–Crippen LogP) is 2.59. The third-order valence-corrected chi connectivity index (χ3v) is 3.72. The highest BCUT2D eigenvalue weighted by Gasteiger charge is 2.29. The Hall–Kier alpha value is -0.610. The first-order valence-corrected chi connectivity index (χ1v) is 6.44. The van der Waals surface area contributed by atoms with Crippen LogP contribution in [0.15, 0.2) is 22.8 Å². The van der Waals surface area contributed by atoms with Gasteiger partial charge in [0, 0.05) is 17.2 Å². The normalized spacial score (nSPS) is 16.9. The lowest BCUT2D eigenvalue weighted by Gasteiger charge is -2.09. The van der Waals surface area contributed by atoms with Crippen LogP contribution in [0.4, 0.5) is 0 Å². The summed E-state index contributed by atoms with van der Waals surface area (Å²) in [5.41, 5.74) is 0.405. The van der Waals surface area contributed by atoms with Crippen LogP contribution in [0.3, 0.4) is 0 Å². The van der Waals surface area contributed by atoms with Gasteiger partial charge in [0.1, 0.15) is 5.69 Å². The first-order valence-electron chi connectivity index (χ1n) is 5.21. The first kappa shape index (κ1) is 11.9. The van der Waals surface area contributed by atoms with Crippen molar-refractivity contribution in [3.63, 3.8) is 0 Å². The van der Waals surface area contributed by atoms with E-state index in [1.54, 1.807) is 18.3 Å². The van der Waals surface area contributed by atoms with E-state index < -0.39 is 0 Å². The van der Waals surface area contributed by atoms with Crippen LogP contribution in [0.1, 0.15) is 23.3 Å². The molecule has 1 N–H and O–H groups in total. The van der Waals surface area contributed by atoms with Crippen LogP contribution in [-0.2, 0) is 0 Å². The maximum absolute atomic E-state index is 11.8. The Bertz CT molecular complexity index is 395. The Morgan fingerprint density at radius 1 is 1.69 bits per heavy atom. The second kappa shape index (κ2) is 5.15. The van der Waals surface area contributed by atoms with Gasteiger partial charge in [0.2, 0.25) is 0 Å². The molecule has 0 bridgehead atoms. The standard InChI is InChI=1S/C11H12BrClN2O/c12-8-2-1-5-14-10(8)11(16)15-6-9(13)7-3-4-7/h1-2,5,7,9H,3-4,6H2,(H,15,16). The average Bonchev–Trinajstić information content (AvgIpc) is 3.10. The molecule has 86 valence electrons. The lowest BCUT2D eigenvalue weighted by atomic mass is 10.2. The molecule has 0 aliphatic heterocycles. The number of halogens is 2. The van der Waals surface area contributed by atoms with Crippen molar-refractivity contribution in [1.29, 1.82) is 0 Å². The number of rotatable bonds is 4. The summed E-state index contributed by atoms with van der Waals surface area (Å²) in [6.07, 6.45) is 3.95. The van der Waals surface area contributed by atoms with Crippen molar-refractivity contribution < 1.29 is 4.79 Å². The first-order chi connectivity index (χ1) is 7.68. The molecule has 1 amide bonds. The van der Waals surface area contributed by atoms with Crippen LogP contribution in [-0.4, -0.2) is 22.8 Å². The molecule has 0 radical (unpaired) electrons. The molecule has 16 heavy (non-hydrogen) atoms. The Kier molecular flexibility index (Phi) is 3.82. The lowest BCUT2D eigenvalue weighted by molar-refractivity contribution is 0.0947. The Labute approximate surface area is 108 Å². The molecule has 1 aliphatic rings. The molecule has 0 spiro atoms. The van der Waals surface area contributed by atoms with E-state index in [1.165, 1.54) is 12.8 Å². The van der Waals surface area contributed by atoms with E-state index in [2.05, 4.69) is 26.2 Å². The molecule has 1 aliphatic carbocycles. The van der Waals surface area contributed by atoms with Crippen molar-refractivity contribution in [3.8, 4) is 0 Å². The molecule has 0 saturated heterocycles. The fourth-order valence-corrected chi connectivity index (χ4v) is 2.22. The van der Waals surface area contributed by atoms with Crippen LogP contribution in [0.25, 0.3) is 0 Å². The minimum Gasteiger partial charge on any atom is -0.349 e. The van der Waals surface area contributed by atoms with E-state index >= 15 is 0 Å². The summed E-state index contributed by atoms with van der Waals surface area (Å²) in [6.45, 7) is 0.508. The van der Waals surface area contributed by atoms with Crippen LogP contribution in [0.5, 0.6) is 0 Å². The predicted molar refractivity (Wildman–Crippen MR) is 66.6 cm³/mol. The number of aromatic nitrogens is 1. The van der Waals surface area contributed by atoms with E-state index in [1.807, 2.05) is 0 Å². The molecule has 1 fully saturated rings. The molecule has 1 unspecified atom stereocenters. The highest BCUT2D eigenvalue weighted by molar-refractivity contribution is 9.10. The number of alkyl halides is 1. The molecule has 5 heteroatoms. The van der Waals surface area contributed by atoms with Crippen molar-refractivity contribution in [2.75, 3.05) is 6.54 Å². The number of carbonyl (C=O) groups excluding carboxylic acids is 1. The molecular formula is C11H12BrClN2O. The molecule has 0 aromatic carbocycles. The highest BCUT2D eigenvalue weighted by Crippen LogP contribution is 2.35. The molecule has 1 atom stereocenters. The van der Waals surface area contributed by atoms with Gasteiger partial charge in [0.15, 0.2) is 0 Å². The molecule has 1 heterocycles. The van der Waals surface area contributed by atoms with Crippen molar-refractivity contribution in [3.05, 3.63) is 28.5 Å². The SMILES string of the molecule is O=C(NCC(Cl)C1CC1)c1ncccc1Br. The summed E-state index contributed by atoms with van der Waals surface area (Å²) in [5, 5.41) is 2.85. The van der Waals surface area contributed by atoms with Gasteiger partial charge < -0.3 is 5.32 Å². The van der Waals surface area contributed by atoms with Crippen molar-refractivity contribution >= 4 is 33.4 Å². The smallest absolute Gasteiger partial charge is 0.271 e. The van der Waals surface area contributed by atoms with Gasteiger partial charge in [-0.15, -0.1) is 11.6 Å². The van der Waals surface area contributed by atoms with Crippen molar-refractivity contribution in [2.45, 2.75) is 18.2 Å². The van der Waals surface area contributed by atoms with E-state index in [4.69, 9.17) is 11.6 Å². The van der Waals surface area contributed by atoms with Gasteiger partial charge in [-0.25, -0.2) is 4.98 Å². The lowest BCUT2D eigenvalue weighted by Crippen LogP contribution is -2.31. The fraction of sp³-hybridized carbons (Fsp3) is 0.455. The largest absolute Gasteiger partial charge is 0.349 e. The number of hydrogen-bond acceptors (Lipinski definition) is 2. The van der Waals surface area contributed by atoms with Gasteiger partial charge in [-0.3, -0.25) is 4.79 Å². The van der Waals surface area contributed by atoms with Gasteiger partial charge in [-0.1, -0.05) is 0 Å². The molecule has 3 nitrogen and oxygen atoms in total. The van der Waals surface area contributed by atoms with Crippen LogP contribution in [0, 0.1) is 5.92 Å². The van der Waals surface area contributed by atoms with Crippen LogP contribution in [0.2, 0.25) is 0 Å². The van der Waals surface area contributed by atoms with E-state index in [-0.39, 0.29) is 11.3 Å². The van der Waals surface area contributed by atoms with E-state index in [0.29, 0.717) is 22.6 Å². The zero-order valence-electron chi connectivity index (χ0n) is 8.62. The van der Waals surface area contributed by atoms with E-state index in [9.17, 15) is 4.79 Å². The molecular weight excluding hydrogens is 291 g/mol. The second-order valence-corrected chi connectivity index (χ2v) is 5.31. The summed E-state index contributed by atoms with van der Waals surface area (Å²) in [4.78, 5) is 15.8. The monoisotopic (exact) mass is 302 g/mol. The van der Waals surface area contributed by atoms with Gasteiger partial charge in [0.25, 0.3) is 5.91 Å². The van der Waals surface area contributed by atoms with Gasteiger partial charge in [-0.05, 0) is 46.8 Å². The molecule has 2 rings (SSSR count). The van der Waals surface area contributed by atoms with Crippen LogP contribution < -0.4 is 5.32 Å². The fourth-order valence-electron chi connectivity index (χ4n) is 1.45. The average molecular weight is 304 g/mol. The summed E-state index contributed by atoms with van der Waals surface area (Å²) < 4.78 is 0.699. The number of amides is 1. The third kappa shape index (κ3) is 2.95. The summed E-state index contributed by atoms with van der Waals surface area (Å²) >= 11 is 9.39. The summed E-state index contributed by atoms with van der Waals surface area (Å²) in [5.74, 6) is 0.396. The van der Waals surface area contributed by atoms with Gasteiger partial charge >= 0.3 is 0 Å². The number of carbonyl (C=O) groups is 1. The minimum atomic E-state index is -0.182. The Balaban J connectivity index is 1.90. The highest BCUT2D eigenvalue weighted by atomic mass is 79.9. The maximum atomic E-state index is 11.8. The van der Waals surface area contributed by atoms with Gasteiger partial charge in [0.05, 0.1) is 5.38 Å². The molecule has 1 aromatic heterocycles. The zero-order valence-corrected chi connectivity index (χ0v) is 11.0. The Morgan fingerprint density at radius 3 is 3.06 bits per heavy atom. The van der Waals surface area contributed by atoms with Crippen LogP contribution >= 0.6 is 27.5 Å². The quantitative estimate of drug-likeness (QED) is 0.869. The molecule has 1 saturated carbocycles. The van der Waals surface area contributed by atoms with E-state index in [0.717, 1.165) is 0 Å². The summed E-state index contributed by atoms with van der Waals surface area (Å²) in [6, 6.07) is 3.57. The maximum Gasteiger partial charge on any atom is 0.271 e. The summed E-state index contributed by atoms with van der Waals surface area (Å²) in [7, 11) is 0. The van der Waals surface area contributed by atoms with Crippen molar-refractivity contribution in [1.82, 2.24) is 10.3 Å². The second-order valence-electron chi connectivity index (χ2n) is 3.90. The number of nitrogens with zero attached hydrogens (tertiary/aromatic N) is 1. The van der Waals surface area contributed by atoms with Gasteiger partial charge in [-0.2, -0.15) is 0 Å². The Morgan fingerprint density at radius 2 is 2.44 bits per heavy atom. The number of nitrogens with one attached hydrogen (secondary N) is 1. The number of hydrogen-bond donors (Lipinski definition) is 1. The third-order valence-electron chi connectivity index (χ3n) is 2.56.